The number of hydrogen-bond acceptors (Lipinski definition) is 2. The van der Waals surface area contributed by atoms with Gasteiger partial charge in [-0.25, -0.2) is 0 Å². The highest BCUT2D eigenvalue weighted by molar-refractivity contribution is 5.08. The highest BCUT2D eigenvalue weighted by Crippen LogP contribution is 2.29. The lowest BCUT2D eigenvalue weighted by molar-refractivity contribution is -0.137. The summed E-state index contributed by atoms with van der Waals surface area (Å²) in [7, 11) is 0. The van der Waals surface area contributed by atoms with Crippen LogP contribution in [0, 0.1) is 0 Å². The maximum Gasteiger partial charge on any atom is 0.419 e. The van der Waals surface area contributed by atoms with Gasteiger partial charge in [-0.1, -0.05) is 0 Å². The molecule has 0 bridgehead atoms. The van der Waals surface area contributed by atoms with Gasteiger partial charge in [0.1, 0.15) is 0 Å². The van der Waals surface area contributed by atoms with E-state index in [1.807, 2.05) is 0 Å². The van der Waals surface area contributed by atoms with Crippen LogP contribution in [-0.4, -0.2) is 15.8 Å². The second-order valence-corrected chi connectivity index (χ2v) is 3.31. The Labute approximate surface area is 79.7 Å². The Bertz CT molecular complexity index is 303. The van der Waals surface area contributed by atoms with Crippen LogP contribution >= 0.6 is 0 Å². The summed E-state index contributed by atoms with van der Waals surface area (Å²) in [5.74, 6) is 0. The van der Waals surface area contributed by atoms with Crippen molar-refractivity contribution in [3.63, 3.8) is 0 Å². The number of nitrogens with two attached hydrogens (primary N) is 1. The summed E-state index contributed by atoms with van der Waals surface area (Å²) in [6.45, 7) is 3.44. The molecule has 0 saturated heterocycles. The van der Waals surface area contributed by atoms with Crippen molar-refractivity contribution in [1.29, 1.82) is 0 Å². The molecule has 3 nitrogen and oxygen atoms in total. The Morgan fingerprint density at radius 3 is 2.36 bits per heavy atom. The third kappa shape index (κ3) is 2.25. The van der Waals surface area contributed by atoms with E-state index in [0.29, 0.717) is 0 Å². The fraction of sp³-hybridized carbons (Fsp3) is 0.625. The Kier molecular flexibility index (Phi) is 2.84. The quantitative estimate of drug-likeness (QED) is 0.803. The fourth-order valence-electron chi connectivity index (χ4n) is 0.948. The smallest absolute Gasteiger partial charge is 0.326 e. The molecular weight excluding hydrogens is 195 g/mol. The molecule has 14 heavy (non-hydrogen) atoms. The highest BCUT2D eigenvalue weighted by Gasteiger charge is 2.32. The first-order chi connectivity index (χ1) is 6.32. The lowest BCUT2D eigenvalue weighted by atomic mass is 10.2. The van der Waals surface area contributed by atoms with Gasteiger partial charge in [0.15, 0.2) is 0 Å². The molecule has 6 heteroatoms. The SMILES string of the molecule is CC(N)C(C)n1cc(C(F)(F)F)cn1. The van der Waals surface area contributed by atoms with Crippen LogP contribution in [0.5, 0.6) is 0 Å². The normalized spacial score (nSPS) is 16.7. The molecule has 0 amide bonds. The van der Waals surface area contributed by atoms with Crippen molar-refractivity contribution in [2.24, 2.45) is 5.73 Å². The molecule has 0 aliphatic carbocycles. The van der Waals surface area contributed by atoms with E-state index in [1.54, 1.807) is 13.8 Å². The number of alkyl halides is 3. The molecule has 1 aromatic heterocycles. The number of hydrogen-bond donors (Lipinski definition) is 1. The molecule has 0 fully saturated rings. The van der Waals surface area contributed by atoms with Crippen molar-refractivity contribution >= 4 is 0 Å². The molecule has 2 N–H and O–H groups in total. The van der Waals surface area contributed by atoms with Gasteiger partial charge < -0.3 is 5.73 Å². The summed E-state index contributed by atoms with van der Waals surface area (Å²) < 4.78 is 37.8. The van der Waals surface area contributed by atoms with E-state index in [1.165, 1.54) is 4.68 Å². The van der Waals surface area contributed by atoms with Crippen LogP contribution in [0.4, 0.5) is 13.2 Å². The van der Waals surface area contributed by atoms with Crippen LogP contribution in [0.15, 0.2) is 12.4 Å². The first kappa shape index (κ1) is 11.0. The number of nitrogens with zero attached hydrogens (tertiary/aromatic N) is 2. The van der Waals surface area contributed by atoms with Gasteiger partial charge in [0.2, 0.25) is 0 Å². The molecule has 0 saturated carbocycles. The van der Waals surface area contributed by atoms with E-state index in [2.05, 4.69) is 5.10 Å². The molecule has 1 heterocycles. The van der Waals surface area contributed by atoms with Gasteiger partial charge in [-0.2, -0.15) is 18.3 Å². The summed E-state index contributed by atoms with van der Waals surface area (Å²) >= 11 is 0. The topological polar surface area (TPSA) is 43.8 Å². The van der Waals surface area contributed by atoms with E-state index in [9.17, 15) is 13.2 Å². The second-order valence-electron chi connectivity index (χ2n) is 3.31. The monoisotopic (exact) mass is 207 g/mol. The summed E-state index contributed by atoms with van der Waals surface area (Å²) in [5.41, 5.74) is 4.80. The maximum absolute atomic E-state index is 12.2. The molecule has 2 unspecified atom stereocenters. The zero-order valence-electron chi connectivity index (χ0n) is 7.92. The summed E-state index contributed by atoms with van der Waals surface area (Å²) in [6, 6.07) is -0.484. The van der Waals surface area contributed by atoms with Gasteiger partial charge in [0.05, 0.1) is 17.8 Å². The second kappa shape index (κ2) is 3.61. The van der Waals surface area contributed by atoms with Gasteiger partial charge in [0, 0.05) is 12.2 Å². The highest BCUT2D eigenvalue weighted by atomic mass is 19.4. The minimum atomic E-state index is -4.34. The maximum atomic E-state index is 12.2. The van der Waals surface area contributed by atoms with Crippen LogP contribution in [0.25, 0.3) is 0 Å². The number of halogens is 3. The lowest BCUT2D eigenvalue weighted by Gasteiger charge is -2.15. The molecule has 0 radical (unpaired) electrons. The molecule has 0 aromatic carbocycles. The van der Waals surface area contributed by atoms with Gasteiger partial charge in [-0.05, 0) is 13.8 Å². The third-order valence-electron chi connectivity index (χ3n) is 2.11. The van der Waals surface area contributed by atoms with Crippen LogP contribution in [-0.2, 0) is 6.18 Å². The third-order valence-corrected chi connectivity index (χ3v) is 2.11. The average molecular weight is 207 g/mol. The van der Waals surface area contributed by atoms with Crippen molar-refractivity contribution in [2.45, 2.75) is 32.1 Å². The summed E-state index contributed by atoms with van der Waals surface area (Å²) in [6.07, 6.45) is -2.57. The predicted molar refractivity (Wildman–Crippen MR) is 45.6 cm³/mol. The molecular formula is C8H12F3N3. The Balaban J connectivity index is 2.89. The van der Waals surface area contributed by atoms with Gasteiger partial charge >= 0.3 is 6.18 Å². The van der Waals surface area contributed by atoms with E-state index in [-0.39, 0.29) is 12.1 Å². The van der Waals surface area contributed by atoms with Crippen molar-refractivity contribution in [3.8, 4) is 0 Å². The lowest BCUT2D eigenvalue weighted by Crippen LogP contribution is -2.27. The van der Waals surface area contributed by atoms with Gasteiger partial charge in [-0.3, -0.25) is 4.68 Å². The average Bonchev–Trinajstić information content (AvgIpc) is 2.49. The standard InChI is InChI=1S/C8H12F3N3/c1-5(12)6(2)14-4-7(3-13-14)8(9,10)11/h3-6H,12H2,1-2H3. The van der Waals surface area contributed by atoms with Crippen LogP contribution < -0.4 is 5.73 Å². The van der Waals surface area contributed by atoms with Crippen molar-refractivity contribution in [2.75, 3.05) is 0 Å². The molecule has 0 spiro atoms. The first-order valence-corrected chi connectivity index (χ1v) is 4.19. The first-order valence-electron chi connectivity index (χ1n) is 4.19. The van der Waals surface area contributed by atoms with Crippen LogP contribution in [0.3, 0.4) is 0 Å². The molecule has 0 aliphatic rings. The zero-order valence-corrected chi connectivity index (χ0v) is 7.92. The molecule has 0 aliphatic heterocycles. The minimum Gasteiger partial charge on any atom is -0.326 e. The van der Waals surface area contributed by atoms with E-state index < -0.39 is 11.7 Å². The van der Waals surface area contributed by atoms with E-state index in [4.69, 9.17) is 5.73 Å². The van der Waals surface area contributed by atoms with Crippen molar-refractivity contribution in [1.82, 2.24) is 9.78 Å². The number of rotatable bonds is 2. The van der Waals surface area contributed by atoms with Crippen LogP contribution in [0.1, 0.15) is 25.5 Å². The molecule has 1 rings (SSSR count). The largest absolute Gasteiger partial charge is 0.419 e. The molecule has 1 aromatic rings. The number of aromatic nitrogens is 2. The predicted octanol–water partition coefficient (Wildman–Crippen LogP) is 1.81. The minimum absolute atomic E-state index is 0.240. The van der Waals surface area contributed by atoms with Crippen molar-refractivity contribution in [3.05, 3.63) is 18.0 Å². The van der Waals surface area contributed by atoms with E-state index in [0.717, 1.165) is 12.4 Å². The zero-order chi connectivity index (χ0) is 10.9. The van der Waals surface area contributed by atoms with Crippen LogP contribution in [0.2, 0.25) is 0 Å². The van der Waals surface area contributed by atoms with E-state index >= 15 is 0 Å². The fourth-order valence-corrected chi connectivity index (χ4v) is 0.948. The Morgan fingerprint density at radius 1 is 1.43 bits per heavy atom. The Morgan fingerprint density at radius 2 is 2.00 bits per heavy atom. The Hall–Kier alpha value is -1.04. The summed E-state index contributed by atoms with van der Waals surface area (Å²) in [4.78, 5) is 0. The molecule has 80 valence electrons. The van der Waals surface area contributed by atoms with Gasteiger partial charge in [-0.15, -0.1) is 0 Å². The summed E-state index contributed by atoms with van der Waals surface area (Å²) in [5, 5.41) is 3.62. The molecule has 2 atom stereocenters. The van der Waals surface area contributed by atoms with Gasteiger partial charge in [0.25, 0.3) is 0 Å². The van der Waals surface area contributed by atoms with Crippen molar-refractivity contribution < 1.29 is 13.2 Å².